The number of methoxy groups -OCH3 is 1. The SMILES string of the molecule is CCCOc1ccc([C@H]2C(C(=O)OCCc3ccccc3)=C(C)N=C3C[C@@H](c4ccccc4)CC(=O)C32)cc1OC. The fraction of sp³-hybridized carbons (Fsp3) is 0.343. The summed E-state index contributed by atoms with van der Waals surface area (Å²) in [5.74, 6) is -0.149. The number of ether oxygens (including phenoxy) is 3. The van der Waals surface area contributed by atoms with Gasteiger partial charge in [-0.2, -0.15) is 0 Å². The van der Waals surface area contributed by atoms with E-state index in [0.717, 1.165) is 28.8 Å². The molecule has 1 aliphatic carbocycles. The van der Waals surface area contributed by atoms with Gasteiger partial charge in [-0.3, -0.25) is 9.79 Å². The Balaban J connectivity index is 1.50. The molecule has 1 fully saturated rings. The van der Waals surface area contributed by atoms with Crippen molar-refractivity contribution < 1.29 is 23.8 Å². The number of fused-ring (bicyclic) bond motifs is 1. The summed E-state index contributed by atoms with van der Waals surface area (Å²) in [4.78, 5) is 32.5. The van der Waals surface area contributed by atoms with Crippen molar-refractivity contribution in [3.05, 3.63) is 107 Å². The number of Topliss-reactive ketones (excluding diaryl/α,β-unsaturated/α-hetero) is 1. The molecule has 41 heavy (non-hydrogen) atoms. The molecular formula is C35H37NO5. The van der Waals surface area contributed by atoms with E-state index in [1.54, 1.807) is 7.11 Å². The smallest absolute Gasteiger partial charge is 0.336 e. The van der Waals surface area contributed by atoms with Crippen LogP contribution in [0.2, 0.25) is 0 Å². The Morgan fingerprint density at radius 3 is 2.32 bits per heavy atom. The second kappa shape index (κ2) is 13.0. The molecule has 212 valence electrons. The van der Waals surface area contributed by atoms with Crippen molar-refractivity contribution in [2.24, 2.45) is 10.9 Å². The van der Waals surface area contributed by atoms with Gasteiger partial charge in [0.05, 0.1) is 31.8 Å². The summed E-state index contributed by atoms with van der Waals surface area (Å²) in [6, 6.07) is 25.7. The largest absolute Gasteiger partial charge is 0.493 e. The van der Waals surface area contributed by atoms with E-state index in [1.807, 2.05) is 80.6 Å². The minimum Gasteiger partial charge on any atom is -0.493 e. The lowest BCUT2D eigenvalue weighted by Gasteiger charge is -2.38. The normalized spacial score (nSPS) is 20.2. The van der Waals surface area contributed by atoms with E-state index in [4.69, 9.17) is 19.2 Å². The van der Waals surface area contributed by atoms with Crippen molar-refractivity contribution in [2.45, 2.75) is 51.4 Å². The summed E-state index contributed by atoms with van der Waals surface area (Å²) >= 11 is 0. The summed E-state index contributed by atoms with van der Waals surface area (Å²) in [5, 5.41) is 0. The molecule has 3 atom stereocenters. The molecule has 1 aliphatic heterocycles. The predicted molar refractivity (Wildman–Crippen MR) is 160 cm³/mol. The molecular weight excluding hydrogens is 514 g/mol. The minimum absolute atomic E-state index is 0.0610. The van der Waals surface area contributed by atoms with Crippen LogP contribution in [0.3, 0.4) is 0 Å². The average molecular weight is 552 g/mol. The van der Waals surface area contributed by atoms with E-state index >= 15 is 0 Å². The molecule has 6 heteroatoms. The molecule has 0 N–H and O–H groups in total. The molecule has 6 nitrogen and oxygen atoms in total. The zero-order valence-electron chi connectivity index (χ0n) is 24.0. The maximum atomic E-state index is 13.9. The molecule has 2 aliphatic rings. The van der Waals surface area contributed by atoms with Gasteiger partial charge in [-0.1, -0.05) is 73.7 Å². The van der Waals surface area contributed by atoms with Crippen LogP contribution in [-0.2, 0) is 20.7 Å². The van der Waals surface area contributed by atoms with Crippen LogP contribution < -0.4 is 9.47 Å². The fourth-order valence-corrected chi connectivity index (χ4v) is 5.96. The molecule has 0 radical (unpaired) electrons. The van der Waals surface area contributed by atoms with Crippen molar-refractivity contribution in [1.82, 2.24) is 0 Å². The molecule has 0 bridgehead atoms. The second-order valence-electron chi connectivity index (χ2n) is 10.7. The lowest BCUT2D eigenvalue weighted by Crippen LogP contribution is -2.41. The highest BCUT2D eigenvalue weighted by atomic mass is 16.5. The maximum absolute atomic E-state index is 13.9. The molecule has 3 aromatic carbocycles. The number of nitrogens with zero attached hydrogens (tertiary/aromatic N) is 1. The number of aliphatic imine (C=N–C) groups is 1. The van der Waals surface area contributed by atoms with Crippen molar-refractivity contribution in [3.63, 3.8) is 0 Å². The molecule has 0 spiro atoms. The minimum atomic E-state index is -0.539. The quantitative estimate of drug-likeness (QED) is 0.258. The first-order valence-corrected chi connectivity index (χ1v) is 14.4. The Morgan fingerprint density at radius 2 is 1.61 bits per heavy atom. The van der Waals surface area contributed by atoms with E-state index in [9.17, 15) is 9.59 Å². The van der Waals surface area contributed by atoms with Gasteiger partial charge < -0.3 is 14.2 Å². The first-order valence-electron chi connectivity index (χ1n) is 14.4. The third-order valence-electron chi connectivity index (χ3n) is 7.92. The van der Waals surface area contributed by atoms with E-state index in [2.05, 4.69) is 12.1 Å². The molecule has 5 rings (SSSR count). The highest BCUT2D eigenvalue weighted by molar-refractivity contribution is 6.12. The van der Waals surface area contributed by atoms with Crippen LogP contribution in [0.4, 0.5) is 0 Å². The number of ketones is 1. The van der Waals surface area contributed by atoms with Gasteiger partial charge >= 0.3 is 5.97 Å². The van der Waals surface area contributed by atoms with E-state index in [-0.39, 0.29) is 18.3 Å². The number of carbonyl (C=O) groups excluding carboxylic acids is 2. The standard InChI is InChI=1S/C35H37NO5/c1-4-18-40-30-16-15-26(22-31(30)39-3)33-32(35(38)41-19-17-24-11-7-5-8-12-24)23(2)36-28-20-27(21-29(37)34(28)33)25-13-9-6-10-14-25/h5-16,22,27,33-34H,4,17-21H2,1-3H3/t27-,33+,34?/m1/s1. The number of hydrogen-bond donors (Lipinski definition) is 0. The number of allylic oxidation sites excluding steroid dienone is 1. The summed E-state index contributed by atoms with van der Waals surface area (Å²) in [6.07, 6.45) is 2.54. The summed E-state index contributed by atoms with van der Waals surface area (Å²) in [7, 11) is 1.60. The van der Waals surface area contributed by atoms with Gasteiger partial charge in [-0.15, -0.1) is 0 Å². The van der Waals surface area contributed by atoms with Crippen LogP contribution in [0.25, 0.3) is 0 Å². The monoisotopic (exact) mass is 551 g/mol. The molecule has 1 saturated carbocycles. The third kappa shape index (κ3) is 6.27. The predicted octanol–water partition coefficient (Wildman–Crippen LogP) is 6.85. The molecule has 0 aromatic heterocycles. The highest BCUT2D eigenvalue weighted by Gasteiger charge is 2.46. The second-order valence-corrected chi connectivity index (χ2v) is 10.7. The highest BCUT2D eigenvalue weighted by Crippen LogP contribution is 2.47. The van der Waals surface area contributed by atoms with Gasteiger partial charge in [0.1, 0.15) is 5.78 Å². The van der Waals surface area contributed by atoms with E-state index in [1.165, 1.54) is 0 Å². The first-order chi connectivity index (χ1) is 20.0. The lowest BCUT2D eigenvalue weighted by atomic mass is 9.66. The topological polar surface area (TPSA) is 74.2 Å². The van der Waals surface area contributed by atoms with Crippen molar-refractivity contribution in [3.8, 4) is 11.5 Å². The number of carbonyl (C=O) groups is 2. The average Bonchev–Trinajstić information content (AvgIpc) is 3.00. The van der Waals surface area contributed by atoms with Crippen molar-refractivity contribution in [1.29, 1.82) is 0 Å². The summed E-state index contributed by atoms with van der Waals surface area (Å²) < 4.78 is 17.4. The molecule has 0 amide bonds. The van der Waals surface area contributed by atoms with Crippen molar-refractivity contribution >= 4 is 17.5 Å². The van der Waals surface area contributed by atoms with E-state index < -0.39 is 17.8 Å². The maximum Gasteiger partial charge on any atom is 0.336 e. The Hall–Kier alpha value is -4.19. The third-order valence-corrected chi connectivity index (χ3v) is 7.92. The zero-order chi connectivity index (χ0) is 28.8. The lowest BCUT2D eigenvalue weighted by molar-refractivity contribution is -0.139. The van der Waals surface area contributed by atoms with Crippen LogP contribution in [0.15, 0.2) is 95.1 Å². The number of esters is 1. The molecule has 3 aromatic rings. The Kier molecular flexibility index (Phi) is 8.98. The number of rotatable bonds is 10. The number of benzene rings is 3. The number of hydrogen-bond acceptors (Lipinski definition) is 6. The summed E-state index contributed by atoms with van der Waals surface area (Å²) in [5.41, 5.74) is 4.88. The Labute approximate surface area is 242 Å². The fourth-order valence-electron chi connectivity index (χ4n) is 5.96. The molecule has 1 heterocycles. The Morgan fingerprint density at radius 1 is 0.878 bits per heavy atom. The van der Waals surface area contributed by atoms with Crippen LogP contribution in [0.5, 0.6) is 11.5 Å². The van der Waals surface area contributed by atoms with Gasteiger partial charge in [0, 0.05) is 30.2 Å². The van der Waals surface area contributed by atoms with Crippen LogP contribution in [-0.4, -0.2) is 37.8 Å². The van der Waals surface area contributed by atoms with Gasteiger partial charge in [0.25, 0.3) is 0 Å². The van der Waals surface area contributed by atoms with Gasteiger partial charge in [-0.25, -0.2) is 4.79 Å². The van der Waals surface area contributed by atoms with E-state index in [0.29, 0.717) is 48.6 Å². The van der Waals surface area contributed by atoms with Crippen molar-refractivity contribution in [2.75, 3.05) is 20.3 Å². The van der Waals surface area contributed by atoms with Gasteiger partial charge in [0.2, 0.25) is 0 Å². The van der Waals surface area contributed by atoms with Gasteiger partial charge in [0.15, 0.2) is 11.5 Å². The molecule has 0 saturated heterocycles. The van der Waals surface area contributed by atoms with Gasteiger partial charge in [-0.05, 0) is 54.5 Å². The molecule has 1 unspecified atom stereocenters. The zero-order valence-corrected chi connectivity index (χ0v) is 24.0. The van der Waals surface area contributed by atoms with Crippen LogP contribution in [0, 0.1) is 5.92 Å². The Bertz CT molecular complexity index is 1440. The summed E-state index contributed by atoms with van der Waals surface area (Å²) in [6.45, 7) is 4.70. The first kappa shape index (κ1) is 28.3. The van der Waals surface area contributed by atoms with Crippen LogP contribution in [0.1, 0.15) is 61.6 Å². The van der Waals surface area contributed by atoms with Crippen LogP contribution >= 0.6 is 0 Å².